The van der Waals surface area contributed by atoms with Crippen LogP contribution in [0, 0.1) is 5.92 Å². The van der Waals surface area contributed by atoms with Gasteiger partial charge in [-0.2, -0.15) is 0 Å². The number of carbonyl (C=O) groups is 1. The number of carbonyl (C=O) groups excluding carboxylic acids is 1. The van der Waals surface area contributed by atoms with E-state index < -0.39 is 0 Å². The van der Waals surface area contributed by atoms with Crippen molar-refractivity contribution in [1.29, 1.82) is 0 Å². The van der Waals surface area contributed by atoms with Gasteiger partial charge in [0.2, 0.25) is 5.91 Å². The van der Waals surface area contributed by atoms with Crippen molar-refractivity contribution < 1.29 is 4.79 Å². The van der Waals surface area contributed by atoms with Gasteiger partial charge in [-0.3, -0.25) is 4.79 Å². The fourth-order valence-electron chi connectivity index (χ4n) is 1.12. The highest BCUT2D eigenvalue weighted by molar-refractivity contribution is 7.07. The molecule has 1 amide bonds. The van der Waals surface area contributed by atoms with E-state index in [-0.39, 0.29) is 11.8 Å². The highest BCUT2D eigenvalue weighted by Gasteiger charge is 2.24. The summed E-state index contributed by atoms with van der Waals surface area (Å²) in [4.78, 5) is 15.4. The maximum absolute atomic E-state index is 11.3. The Kier molecular flexibility index (Phi) is 2.56. The number of nitrogens with zero attached hydrogens (tertiary/aromatic N) is 1. The van der Waals surface area contributed by atoms with Crippen molar-refractivity contribution in [3.05, 3.63) is 16.6 Å². The van der Waals surface area contributed by atoms with Gasteiger partial charge in [-0.05, 0) is 0 Å². The lowest BCUT2D eigenvalue weighted by atomic mass is 10.0. The minimum atomic E-state index is 0.131. The van der Waals surface area contributed by atoms with Crippen molar-refractivity contribution >= 4 is 17.2 Å². The molecule has 4 nitrogen and oxygen atoms in total. The summed E-state index contributed by atoms with van der Waals surface area (Å²) in [7, 11) is 0. The first-order valence-electron chi connectivity index (χ1n) is 4.22. The van der Waals surface area contributed by atoms with Crippen molar-refractivity contribution in [2.75, 3.05) is 13.1 Å². The molecule has 0 spiro atoms. The van der Waals surface area contributed by atoms with Crippen molar-refractivity contribution in [3.63, 3.8) is 0 Å². The molecule has 2 rings (SSSR count). The molecular weight excluding hydrogens is 186 g/mol. The number of aromatic nitrogens is 1. The molecule has 1 saturated heterocycles. The maximum Gasteiger partial charge on any atom is 0.226 e. The van der Waals surface area contributed by atoms with Gasteiger partial charge in [-0.25, -0.2) is 4.98 Å². The van der Waals surface area contributed by atoms with Gasteiger partial charge in [0.15, 0.2) is 0 Å². The molecule has 0 unspecified atom stereocenters. The van der Waals surface area contributed by atoms with E-state index in [1.165, 1.54) is 0 Å². The Balaban J connectivity index is 1.76. The summed E-state index contributed by atoms with van der Waals surface area (Å²) in [5.41, 5.74) is 2.71. The van der Waals surface area contributed by atoms with E-state index in [2.05, 4.69) is 15.6 Å². The van der Waals surface area contributed by atoms with Gasteiger partial charge in [-0.1, -0.05) is 0 Å². The third-order valence-corrected chi connectivity index (χ3v) is 2.71. The predicted molar refractivity (Wildman–Crippen MR) is 50.3 cm³/mol. The van der Waals surface area contributed by atoms with Gasteiger partial charge < -0.3 is 10.6 Å². The SMILES string of the molecule is O=C(NCc1cscn1)C1CNC1. The first-order valence-corrected chi connectivity index (χ1v) is 5.16. The summed E-state index contributed by atoms with van der Waals surface area (Å²) in [6.07, 6.45) is 0. The topological polar surface area (TPSA) is 54.0 Å². The van der Waals surface area contributed by atoms with Crippen molar-refractivity contribution in [2.24, 2.45) is 5.92 Å². The molecule has 2 heterocycles. The average molecular weight is 197 g/mol. The number of hydrogen-bond donors (Lipinski definition) is 2. The highest BCUT2D eigenvalue weighted by atomic mass is 32.1. The van der Waals surface area contributed by atoms with E-state index in [9.17, 15) is 4.79 Å². The summed E-state index contributed by atoms with van der Waals surface area (Å²) in [6, 6.07) is 0. The molecule has 0 aliphatic carbocycles. The second-order valence-electron chi connectivity index (χ2n) is 3.05. The number of amides is 1. The minimum absolute atomic E-state index is 0.131. The molecule has 2 N–H and O–H groups in total. The third kappa shape index (κ3) is 2.05. The van der Waals surface area contributed by atoms with Crippen LogP contribution >= 0.6 is 11.3 Å². The van der Waals surface area contributed by atoms with E-state index in [1.807, 2.05) is 5.38 Å². The van der Waals surface area contributed by atoms with E-state index in [0.717, 1.165) is 18.8 Å². The lowest BCUT2D eigenvalue weighted by Crippen LogP contribution is -2.50. The molecule has 0 radical (unpaired) electrons. The minimum Gasteiger partial charge on any atom is -0.350 e. The second-order valence-corrected chi connectivity index (χ2v) is 3.77. The standard InChI is InChI=1S/C8H11N3OS/c12-8(6-1-9-2-6)10-3-7-4-13-5-11-7/h4-6,9H,1-3H2,(H,10,12). The Morgan fingerprint density at radius 2 is 2.62 bits per heavy atom. The average Bonchev–Trinajstić information content (AvgIpc) is 2.49. The van der Waals surface area contributed by atoms with Crippen LogP contribution in [0.15, 0.2) is 10.9 Å². The largest absolute Gasteiger partial charge is 0.350 e. The summed E-state index contributed by atoms with van der Waals surface area (Å²) in [5, 5.41) is 7.86. The predicted octanol–water partition coefficient (Wildman–Crippen LogP) is -0.0213. The number of hydrogen-bond acceptors (Lipinski definition) is 4. The lowest BCUT2D eigenvalue weighted by Gasteiger charge is -2.25. The second kappa shape index (κ2) is 3.85. The molecule has 0 aromatic carbocycles. The molecule has 70 valence electrons. The van der Waals surface area contributed by atoms with E-state index in [4.69, 9.17) is 0 Å². The van der Waals surface area contributed by atoms with Crippen molar-refractivity contribution in [2.45, 2.75) is 6.54 Å². The monoisotopic (exact) mass is 197 g/mol. The number of thiazole rings is 1. The quantitative estimate of drug-likeness (QED) is 0.716. The summed E-state index contributed by atoms with van der Waals surface area (Å²) < 4.78 is 0. The molecule has 1 aromatic heterocycles. The van der Waals surface area contributed by atoms with Crippen molar-refractivity contribution in [3.8, 4) is 0 Å². The molecule has 13 heavy (non-hydrogen) atoms. The molecular formula is C8H11N3OS. The maximum atomic E-state index is 11.3. The summed E-state index contributed by atoms with van der Waals surface area (Å²) >= 11 is 1.54. The summed E-state index contributed by atoms with van der Waals surface area (Å²) in [5.74, 6) is 0.297. The Labute approximate surface area is 80.4 Å². The van der Waals surface area contributed by atoms with Crippen LogP contribution in [0.25, 0.3) is 0 Å². The van der Waals surface area contributed by atoms with Crippen molar-refractivity contribution in [1.82, 2.24) is 15.6 Å². The van der Waals surface area contributed by atoms with Gasteiger partial charge in [0.05, 0.1) is 23.7 Å². The van der Waals surface area contributed by atoms with Crippen LogP contribution in [0.5, 0.6) is 0 Å². The van der Waals surface area contributed by atoms with Crippen LogP contribution in [-0.4, -0.2) is 24.0 Å². The smallest absolute Gasteiger partial charge is 0.226 e. The fraction of sp³-hybridized carbons (Fsp3) is 0.500. The Hall–Kier alpha value is -0.940. The Morgan fingerprint density at radius 3 is 3.15 bits per heavy atom. The van der Waals surface area contributed by atoms with E-state index in [0.29, 0.717) is 6.54 Å². The number of nitrogens with one attached hydrogen (secondary N) is 2. The molecule has 1 aromatic rings. The molecule has 0 saturated carbocycles. The molecule has 0 bridgehead atoms. The van der Waals surface area contributed by atoms with Gasteiger partial charge in [-0.15, -0.1) is 11.3 Å². The first-order chi connectivity index (χ1) is 6.36. The molecule has 1 aliphatic rings. The molecule has 1 fully saturated rings. The van der Waals surface area contributed by atoms with Crippen LogP contribution in [0.4, 0.5) is 0 Å². The molecule has 5 heteroatoms. The van der Waals surface area contributed by atoms with Crippen LogP contribution < -0.4 is 10.6 Å². The third-order valence-electron chi connectivity index (χ3n) is 2.08. The Morgan fingerprint density at radius 1 is 1.77 bits per heavy atom. The summed E-state index contributed by atoms with van der Waals surface area (Å²) in [6.45, 7) is 2.17. The fourth-order valence-corrected chi connectivity index (χ4v) is 1.68. The molecule has 1 aliphatic heterocycles. The van der Waals surface area contributed by atoms with Crippen LogP contribution in [-0.2, 0) is 11.3 Å². The van der Waals surface area contributed by atoms with Gasteiger partial charge >= 0.3 is 0 Å². The van der Waals surface area contributed by atoms with Crippen LogP contribution in [0.2, 0.25) is 0 Å². The van der Waals surface area contributed by atoms with Crippen LogP contribution in [0.1, 0.15) is 5.69 Å². The zero-order valence-electron chi connectivity index (χ0n) is 7.12. The zero-order chi connectivity index (χ0) is 9.10. The van der Waals surface area contributed by atoms with E-state index in [1.54, 1.807) is 16.8 Å². The first kappa shape index (κ1) is 8.65. The lowest BCUT2D eigenvalue weighted by molar-refractivity contribution is -0.126. The van der Waals surface area contributed by atoms with Gasteiger partial charge in [0, 0.05) is 18.5 Å². The number of rotatable bonds is 3. The van der Waals surface area contributed by atoms with Crippen LogP contribution in [0.3, 0.4) is 0 Å². The van der Waals surface area contributed by atoms with Gasteiger partial charge in [0.1, 0.15) is 0 Å². The normalized spacial score (nSPS) is 16.6. The zero-order valence-corrected chi connectivity index (χ0v) is 7.93. The van der Waals surface area contributed by atoms with E-state index >= 15 is 0 Å². The highest BCUT2D eigenvalue weighted by Crippen LogP contribution is 2.04. The van der Waals surface area contributed by atoms with Gasteiger partial charge in [0.25, 0.3) is 0 Å². The Bertz CT molecular complexity index is 282. The molecule has 0 atom stereocenters.